The Morgan fingerprint density at radius 1 is 1.26 bits per heavy atom. The number of hydrogen-bond donors (Lipinski definition) is 1. The molecule has 0 aromatic heterocycles. The Morgan fingerprint density at radius 2 is 1.87 bits per heavy atom. The van der Waals surface area contributed by atoms with Gasteiger partial charge in [0.25, 0.3) is 5.91 Å². The summed E-state index contributed by atoms with van der Waals surface area (Å²) in [6.07, 6.45) is 1.35. The number of carbonyl (C=O) groups excluding carboxylic acids is 1. The van der Waals surface area contributed by atoms with Gasteiger partial charge in [-0.15, -0.1) is 0 Å². The molecule has 1 fully saturated rings. The van der Waals surface area contributed by atoms with Gasteiger partial charge in [-0.05, 0) is 49.9 Å². The average molecular weight is 340 g/mol. The van der Waals surface area contributed by atoms with Gasteiger partial charge in [-0.1, -0.05) is 11.6 Å². The molecule has 0 spiro atoms. The zero-order chi connectivity index (χ0) is 17.0. The molecule has 1 aromatic rings. The SMILES string of the molecule is Cc1cc(Cl)c(C(=O)N(CCC(=O)O)C2CCOCC2)cc1C. The molecule has 1 saturated heterocycles. The van der Waals surface area contributed by atoms with Crippen molar-refractivity contribution in [2.45, 2.75) is 39.2 Å². The molecular weight excluding hydrogens is 318 g/mol. The number of aryl methyl sites for hydroxylation is 2. The molecule has 0 saturated carbocycles. The van der Waals surface area contributed by atoms with E-state index in [4.69, 9.17) is 21.4 Å². The van der Waals surface area contributed by atoms with Crippen LogP contribution in [-0.2, 0) is 9.53 Å². The van der Waals surface area contributed by atoms with Crippen molar-refractivity contribution in [2.24, 2.45) is 0 Å². The smallest absolute Gasteiger partial charge is 0.305 e. The molecular formula is C17H22ClNO4. The average Bonchev–Trinajstić information content (AvgIpc) is 2.51. The fraction of sp³-hybridized carbons (Fsp3) is 0.529. The number of halogens is 1. The van der Waals surface area contributed by atoms with Gasteiger partial charge in [0, 0.05) is 25.8 Å². The van der Waals surface area contributed by atoms with Crippen LogP contribution in [0.3, 0.4) is 0 Å². The summed E-state index contributed by atoms with van der Waals surface area (Å²) in [6, 6.07) is 3.56. The van der Waals surface area contributed by atoms with Crippen LogP contribution in [0.15, 0.2) is 12.1 Å². The lowest BCUT2D eigenvalue weighted by molar-refractivity contribution is -0.137. The number of carbonyl (C=O) groups is 2. The summed E-state index contributed by atoms with van der Waals surface area (Å²) in [4.78, 5) is 25.5. The topological polar surface area (TPSA) is 66.8 Å². The van der Waals surface area contributed by atoms with Crippen molar-refractivity contribution in [3.8, 4) is 0 Å². The Morgan fingerprint density at radius 3 is 2.48 bits per heavy atom. The Balaban J connectivity index is 2.27. The zero-order valence-electron chi connectivity index (χ0n) is 13.5. The number of rotatable bonds is 5. The van der Waals surface area contributed by atoms with E-state index in [0.717, 1.165) is 11.1 Å². The van der Waals surface area contributed by atoms with Crippen LogP contribution in [0.4, 0.5) is 0 Å². The largest absolute Gasteiger partial charge is 0.481 e. The predicted octanol–water partition coefficient (Wildman–Crippen LogP) is 3.05. The molecule has 0 unspecified atom stereocenters. The number of benzene rings is 1. The van der Waals surface area contributed by atoms with E-state index in [1.165, 1.54) is 0 Å². The van der Waals surface area contributed by atoms with Gasteiger partial charge >= 0.3 is 5.97 Å². The molecule has 1 aliphatic rings. The number of hydrogen-bond acceptors (Lipinski definition) is 3. The maximum Gasteiger partial charge on any atom is 0.305 e. The van der Waals surface area contributed by atoms with E-state index in [1.807, 2.05) is 13.8 Å². The third-order valence-corrected chi connectivity index (χ3v) is 4.59. The summed E-state index contributed by atoms with van der Waals surface area (Å²) >= 11 is 6.25. The minimum Gasteiger partial charge on any atom is -0.481 e. The van der Waals surface area contributed by atoms with Crippen LogP contribution >= 0.6 is 11.6 Å². The first-order valence-corrected chi connectivity index (χ1v) is 8.15. The van der Waals surface area contributed by atoms with E-state index in [-0.39, 0.29) is 24.9 Å². The van der Waals surface area contributed by atoms with Gasteiger partial charge in [-0.2, -0.15) is 0 Å². The summed E-state index contributed by atoms with van der Waals surface area (Å²) in [6.45, 7) is 5.22. The number of carboxylic acids is 1. The first-order chi connectivity index (χ1) is 10.9. The minimum absolute atomic E-state index is 0.00623. The van der Waals surface area contributed by atoms with Crippen LogP contribution in [0.25, 0.3) is 0 Å². The lowest BCUT2D eigenvalue weighted by Gasteiger charge is -2.34. The number of nitrogens with zero attached hydrogens (tertiary/aromatic N) is 1. The molecule has 1 aromatic carbocycles. The summed E-state index contributed by atoms with van der Waals surface area (Å²) < 4.78 is 5.34. The van der Waals surface area contributed by atoms with Crippen molar-refractivity contribution in [1.29, 1.82) is 0 Å². The van der Waals surface area contributed by atoms with Crippen molar-refractivity contribution in [3.63, 3.8) is 0 Å². The van der Waals surface area contributed by atoms with E-state index in [9.17, 15) is 9.59 Å². The second kappa shape index (κ2) is 7.79. The molecule has 0 bridgehead atoms. The van der Waals surface area contributed by atoms with Crippen molar-refractivity contribution in [3.05, 3.63) is 33.8 Å². The fourth-order valence-electron chi connectivity index (χ4n) is 2.76. The zero-order valence-corrected chi connectivity index (χ0v) is 14.2. The standard InChI is InChI=1S/C17H22ClNO4/c1-11-9-14(15(18)10-12(11)2)17(22)19(6-3-16(20)21)13-4-7-23-8-5-13/h9-10,13H,3-8H2,1-2H3,(H,20,21). The molecule has 0 atom stereocenters. The Hall–Kier alpha value is -1.59. The third kappa shape index (κ3) is 4.45. The molecule has 126 valence electrons. The fourth-order valence-corrected chi connectivity index (χ4v) is 3.06. The summed E-state index contributed by atoms with van der Waals surface area (Å²) in [5, 5.41) is 9.37. The highest BCUT2D eigenvalue weighted by Crippen LogP contribution is 2.25. The maximum absolute atomic E-state index is 12.9. The number of ether oxygens (including phenoxy) is 1. The molecule has 23 heavy (non-hydrogen) atoms. The molecule has 2 rings (SSSR count). The second-order valence-corrected chi connectivity index (χ2v) is 6.31. The molecule has 1 heterocycles. The van der Waals surface area contributed by atoms with Crippen molar-refractivity contribution in [1.82, 2.24) is 4.90 Å². The second-order valence-electron chi connectivity index (χ2n) is 5.90. The summed E-state index contributed by atoms with van der Waals surface area (Å²) in [5.41, 5.74) is 2.45. The highest BCUT2D eigenvalue weighted by atomic mass is 35.5. The molecule has 1 amide bonds. The highest BCUT2D eigenvalue weighted by molar-refractivity contribution is 6.34. The van der Waals surface area contributed by atoms with Gasteiger partial charge in [0.15, 0.2) is 0 Å². The van der Waals surface area contributed by atoms with Crippen LogP contribution in [0, 0.1) is 13.8 Å². The van der Waals surface area contributed by atoms with Crippen LogP contribution < -0.4 is 0 Å². The summed E-state index contributed by atoms with van der Waals surface area (Å²) in [7, 11) is 0. The monoisotopic (exact) mass is 339 g/mol. The lowest BCUT2D eigenvalue weighted by atomic mass is 10.0. The molecule has 0 radical (unpaired) electrons. The quantitative estimate of drug-likeness (QED) is 0.895. The molecule has 1 aliphatic heterocycles. The molecule has 0 aliphatic carbocycles. The van der Waals surface area contributed by atoms with E-state index >= 15 is 0 Å². The van der Waals surface area contributed by atoms with Gasteiger partial charge in [0.05, 0.1) is 17.0 Å². The first kappa shape index (κ1) is 17.8. The Bertz CT molecular complexity index is 597. The van der Waals surface area contributed by atoms with Crippen LogP contribution in [0.2, 0.25) is 5.02 Å². The van der Waals surface area contributed by atoms with Crippen LogP contribution in [0.1, 0.15) is 40.7 Å². The lowest BCUT2D eigenvalue weighted by Crippen LogP contribution is -2.44. The number of aliphatic carboxylic acids is 1. The van der Waals surface area contributed by atoms with E-state index in [2.05, 4.69) is 0 Å². The van der Waals surface area contributed by atoms with Crippen LogP contribution in [0.5, 0.6) is 0 Å². The van der Waals surface area contributed by atoms with Crippen LogP contribution in [-0.4, -0.2) is 47.7 Å². The summed E-state index contributed by atoms with van der Waals surface area (Å²) in [5.74, 6) is -1.12. The van der Waals surface area contributed by atoms with Gasteiger partial charge in [-0.25, -0.2) is 0 Å². The van der Waals surface area contributed by atoms with Gasteiger partial charge in [0.2, 0.25) is 0 Å². The van der Waals surface area contributed by atoms with Crippen molar-refractivity contribution in [2.75, 3.05) is 19.8 Å². The van der Waals surface area contributed by atoms with Gasteiger partial charge in [0.1, 0.15) is 0 Å². The highest BCUT2D eigenvalue weighted by Gasteiger charge is 2.28. The van der Waals surface area contributed by atoms with E-state index in [0.29, 0.717) is 36.6 Å². The molecule has 6 heteroatoms. The first-order valence-electron chi connectivity index (χ1n) is 7.77. The predicted molar refractivity (Wildman–Crippen MR) is 88.1 cm³/mol. The van der Waals surface area contributed by atoms with E-state index in [1.54, 1.807) is 17.0 Å². The maximum atomic E-state index is 12.9. The van der Waals surface area contributed by atoms with Crippen molar-refractivity contribution >= 4 is 23.5 Å². The minimum atomic E-state index is -0.916. The number of carboxylic acid groups (broad SMARTS) is 1. The molecule has 5 nitrogen and oxygen atoms in total. The van der Waals surface area contributed by atoms with Gasteiger partial charge < -0.3 is 14.7 Å². The third-order valence-electron chi connectivity index (χ3n) is 4.27. The normalized spacial score (nSPS) is 15.4. The number of amides is 1. The molecule has 1 N–H and O–H groups in total. The Kier molecular flexibility index (Phi) is 6.02. The Labute approximate surface area is 141 Å². The van der Waals surface area contributed by atoms with Crippen molar-refractivity contribution < 1.29 is 19.4 Å². The van der Waals surface area contributed by atoms with E-state index < -0.39 is 5.97 Å². The van der Waals surface area contributed by atoms with Gasteiger partial charge in [-0.3, -0.25) is 9.59 Å².